The normalized spacial score (nSPS) is 18.5. The van der Waals surface area contributed by atoms with E-state index in [1.165, 1.54) is 35.4 Å². The maximum atomic E-state index is 10.6. The van der Waals surface area contributed by atoms with E-state index >= 15 is 0 Å². The zero-order valence-electron chi connectivity index (χ0n) is 8.70. The summed E-state index contributed by atoms with van der Waals surface area (Å²) in [6.45, 7) is 2.78. The van der Waals surface area contributed by atoms with Gasteiger partial charge in [-0.2, -0.15) is 0 Å². The van der Waals surface area contributed by atoms with E-state index in [-0.39, 0.29) is 11.5 Å². The second kappa shape index (κ2) is 6.23. The Hall–Kier alpha value is 0.220. The van der Waals surface area contributed by atoms with E-state index in [1.54, 1.807) is 0 Å². The third kappa shape index (κ3) is 5.52. The highest BCUT2D eigenvalue weighted by Gasteiger charge is 2.33. The number of carboxylic acids is 2. The molecule has 0 saturated heterocycles. The van der Waals surface area contributed by atoms with Crippen LogP contribution in [0.3, 0.4) is 0 Å². The largest absolute Gasteiger partial charge is 0.480 e. The van der Waals surface area contributed by atoms with Gasteiger partial charge >= 0.3 is 11.9 Å². The molecule has 0 aromatic carbocycles. The van der Waals surface area contributed by atoms with Crippen LogP contribution in [0.5, 0.6) is 0 Å². The number of halogens is 2. The highest BCUT2D eigenvalue weighted by molar-refractivity contribution is 8.76. The van der Waals surface area contributed by atoms with Crippen molar-refractivity contribution in [3.8, 4) is 0 Å². The van der Waals surface area contributed by atoms with Gasteiger partial charge in [0.2, 0.25) is 0 Å². The molecule has 0 fully saturated rings. The molecule has 0 aromatic heterocycles. The predicted octanol–water partition coefficient (Wildman–Crippen LogP) is 2.53. The van der Waals surface area contributed by atoms with Gasteiger partial charge in [0.1, 0.15) is 9.75 Å². The molecule has 2 N–H and O–H groups in total. The molecule has 4 nitrogen and oxygen atoms in total. The Kier molecular flexibility index (Phi) is 6.32. The number of rotatable bonds is 7. The molecule has 0 heterocycles. The van der Waals surface area contributed by atoms with Gasteiger partial charge in [-0.25, -0.2) is 0 Å². The summed E-state index contributed by atoms with van der Waals surface area (Å²) in [5.74, 6) is -1.87. The minimum Gasteiger partial charge on any atom is -0.480 e. The maximum absolute atomic E-state index is 10.6. The molecule has 16 heavy (non-hydrogen) atoms. The fourth-order valence-electron chi connectivity index (χ4n) is 0.428. The lowest BCUT2D eigenvalue weighted by Gasteiger charge is -2.18. The van der Waals surface area contributed by atoms with Gasteiger partial charge in [0.15, 0.2) is 0 Å². The lowest BCUT2D eigenvalue weighted by Crippen LogP contribution is -2.32. The molecular formula is C8H12Cl2O4S2. The number of aliphatic carboxylic acids is 2. The zero-order chi connectivity index (χ0) is 13.0. The Balaban J connectivity index is 3.94. The Morgan fingerprint density at radius 1 is 1.00 bits per heavy atom. The van der Waals surface area contributed by atoms with E-state index in [2.05, 4.69) is 0 Å². The first kappa shape index (κ1) is 16.2. The van der Waals surface area contributed by atoms with Crippen molar-refractivity contribution in [1.29, 1.82) is 0 Å². The summed E-state index contributed by atoms with van der Waals surface area (Å²) >= 11 is 11.4. The third-order valence-corrected chi connectivity index (χ3v) is 5.31. The van der Waals surface area contributed by atoms with Gasteiger partial charge in [-0.15, -0.1) is 23.2 Å². The molecule has 0 aliphatic carbocycles. The lowest BCUT2D eigenvalue weighted by molar-refractivity contribution is -0.140. The van der Waals surface area contributed by atoms with E-state index in [9.17, 15) is 9.59 Å². The molecule has 2 atom stereocenters. The second-order valence-electron chi connectivity index (χ2n) is 3.53. The standard InChI is InChI=1S/C8H12Cl2O4S2/c1-7(9,5(11)12)3-15-16-4-8(2,10)6(13)14/h3-4H2,1-2H3,(H,11,12)(H,13,14)/t7-,8+. The van der Waals surface area contributed by atoms with Crippen LogP contribution >= 0.6 is 44.8 Å². The average Bonchev–Trinajstić information content (AvgIpc) is 2.12. The summed E-state index contributed by atoms with van der Waals surface area (Å²) in [6, 6.07) is 0. The first-order valence-electron chi connectivity index (χ1n) is 4.18. The van der Waals surface area contributed by atoms with Gasteiger partial charge in [-0.3, -0.25) is 9.59 Å². The fraction of sp³-hybridized carbons (Fsp3) is 0.750. The van der Waals surface area contributed by atoms with E-state index in [4.69, 9.17) is 33.4 Å². The summed E-state index contributed by atoms with van der Waals surface area (Å²) in [7, 11) is 2.38. The van der Waals surface area contributed by atoms with Crippen LogP contribution in [0.15, 0.2) is 0 Å². The highest BCUT2D eigenvalue weighted by atomic mass is 35.5. The lowest BCUT2D eigenvalue weighted by atomic mass is 10.2. The van der Waals surface area contributed by atoms with Crippen molar-refractivity contribution < 1.29 is 19.8 Å². The van der Waals surface area contributed by atoms with Crippen molar-refractivity contribution in [3.63, 3.8) is 0 Å². The van der Waals surface area contributed by atoms with Gasteiger partial charge < -0.3 is 10.2 Å². The number of carboxylic acid groups (broad SMARTS) is 2. The summed E-state index contributed by atoms with van der Waals surface area (Å²) in [5, 5.41) is 17.4. The van der Waals surface area contributed by atoms with Gasteiger partial charge in [0.05, 0.1) is 0 Å². The van der Waals surface area contributed by atoms with Crippen LogP contribution in [-0.4, -0.2) is 43.4 Å². The quantitative estimate of drug-likeness (QED) is 0.428. The van der Waals surface area contributed by atoms with Crippen molar-refractivity contribution in [3.05, 3.63) is 0 Å². The first-order chi connectivity index (χ1) is 7.09. The summed E-state index contributed by atoms with van der Waals surface area (Å²) in [6.07, 6.45) is 0. The number of hydrogen-bond acceptors (Lipinski definition) is 4. The van der Waals surface area contributed by atoms with Crippen molar-refractivity contribution in [2.75, 3.05) is 11.5 Å². The van der Waals surface area contributed by atoms with Crippen LogP contribution in [-0.2, 0) is 9.59 Å². The van der Waals surface area contributed by atoms with Crippen molar-refractivity contribution >= 4 is 56.7 Å². The Bertz CT molecular complexity index is 253. The molecule has 0 radical (unpaired) electrons. The van der Waals surface area contributed by atoms with Crippen molar-refractivity contribution in [2.24, 2.45) is 0 Å². The maximum Gasteiger partial charge on any atom is 0.325 e. The molecule has 0 bridgehead atoms. The summed E-state index contributed by atoms with van der Waals surface area (Å²) in [4.78, 5) is 18.6. The molecule has 8 heteroatoms. The monoisotopic (exact) mass is 306 g/mol. The number of carbonyl (C=O) groups is 2. The molecule has 0 aliphatic heterocycles. The van der Waals surface area contributed by atoms with Crippen LogP contribution in [0, 0.1) is 0 Å². The molecule has 0 saturated carbocycles. The van der Waals surface area contributed by atoms with Crippen LogP contribution in [0.4, 0.5) is 0 Å². The molecule has 0 unspecified atom stereocenters. The predicted molar refractivity (Wildman–Crippen MR) is 68.7 cm³/mol. The van der Waals surface area contributed by atoms with E-state index in [0.717, 1.165) is 0 Å². The van der Waals surface area contributed by atoms with Gasteiger partial charge in [-0.05, 0) is 13.8 Å². The van der Waals surface area contributed by atoms with Crippen molar-refractivity contribution in [2.45, 2.75) is 23.6 Å². The minimum absolute atomic E-state index is 0.168. The zero-order valence-corrected chi connectivity index (χ0v) is 11.8. The van der Waals surface area contributed by atoms with Crippen molar-refractivity contribution in [1.82, 2.24) is 0 Å². The van der Waals surface area contributed by atoms with Crippen LogP contribution in [0.25, 0.3) is 0 Å². The minimum atomic E-state index is -1.34. The highest BCUT2D eigenvalue weighted by Crippen LogP contribution is 2.33. The van der Waals surface area contributed by atoms with Gasteiger partial charge in [-0.1, -0.05) is 21.6 Å². The molecule has 0 rings (SSSR count). The Morgan fingerprint density at radius 2 is 1.25 bits per heavy atom. The molecular weight excluding hydrogens is 295 g/mol. The fourth-order valence-corrected chi connectivity index (χ4v) is 3.91. The Morgan fingerprint density at radius 3 is 1.44 bits per heavy atom. The van der Waals surface area contributed by atoms with Gasteiger partial charge in [0, 0.05) is 11.5 Å². The summed E-state index contributed by atoms with van der Waals surface area (Å²) in [5.41, 5.74) is 0. The Labute approximate surface area is 111 Å². The molecule has 94 valence electrons. The number of alkyl halides is 2. The molecule has 0 aliphatic rings. The van der Waals surface area contributed by atoms with E-state index in [1.807, 2.05) is 0 Å². The summed E-state index contributed by atoms with van der Waals surface area (Å²) < 4.78 is 0. The topological polar surface area (TPSA) is 74.6 Å². The third-order valence-electron chi connectivity index (χ3n) is 1.64. The average molecular weight is 307 g/mol. The molecule has 0 aromatic rings. The molecule has 0 spiro atoms. The van der Waals surface area contributed by atoms with Crippen LogP contribution < -0.4 is 0 Å². The number of hydrogen-bond donors (Lipinski definition) is 2. The second-order valence-corrected chi connectivity index (χ2v) is 7.66. The van der Waals surface area contributed by atoms with Crippen LogP contribution in [0.1, 0.15) is 13.8 Å². The first-order valence-corrected chi connectivity index (χ1v) is 7.43. The van der Waals surface area contributed by atoms with E-state index < -0.39 is 21.7 Å². The SMILES string of the molecule is C[C@](Cl)(CSSC[C@@](C)(Cl)C(=O)O)C(=O)O. The molecule has 0 amide bonds. The smallest absolute Gasteiger partial charge is 0.325 e. The van der Waals surface area contributed by atoms with Crippen LogP contribution in [0.2, 0.25) is 0 Å². The van der Waals surface area contributed by atoms with Gasteiger partial charge in [0.25, 0.3) is 0 Å². The van der Waals surface area contributed by atoms with E-state index in [0.29, 0.717) is 0 Å².